The highest BCUT2D eigenvalue weighted by atomic mass is 127. The molecule has 3 fully saturated rings. The van der Waals surface area contributed by atoms with Crippen LogP contribution < -0.4 is 10.6 Å². The number of aliphatic imine (C=N–C) groups is 1. The first-order chi connectivity index (χ1) is 14.2. The zero-order valence-corrected chi connectivity index (χ0v) is 21.1. The van der Waals surface area contributed by atoms with Crippen LogP contribution in [0.4, 0.5) is 0 Å². The first kappa shape index (κ1) is 23.8. The summed E-state index contributed by atoms with van der Waals surface area (Å²) < 4.78 is 2.03. The van der Waals surface area contributed by atoms with Gasteiger partial charge in [0.15, 0.2) is 11.8 Å². The van der Waals surface area contributed by atoms with Crippen molar-refractivity contribution in [3.63, 3.8) is 0 Å². The van der Waals surface area contributed by atoms with Gasteiger partial charge >= 0.3 is 0 Å². The van der Waals surface area contributed by atoms with E-state index in [1.54, 1.807) is 0 Å². The van der Waals surface area contributed by atoms with Crippen LogP contribution in [-0.4, -0.2) is 56.8 Å². The first-order valence-corrected chi connectivity index (χ1v) is 11.9. The van der Waals surface area contributed by atoms with Gasteiger partial charge in [-0.2, -0.15) is 0 Å². The molecule has 0 bridgehead atoms. The highest BCUT2D eigenvalue weighted by Gasteiger charge is 2.27. The maximum absolute atomic E-state index is 4.91. The van der Waals surface area contributed by atoms with E-state index in [9.17, 15) is 0 Å². The Hall–Kier alpha value is -0.900. The lowest BCUT2D eigenvalue weighted by Gasteiger charge is -2.37. The van der Waals surface area contributed by atoms with Crippen LogP contribution in [0.15, 0.2) is 4.99 Å². The predicted octanol–water partition coefficient (Wildman–Crippen LogP) is 3.52. The number of aromatic nitrogens is 3. The highest BCUT2D eigenvalue weighted by Crippen LogP contribution is 2.26. The molecular weight excluding hydrogens is 489 g/mol. The van der Waals surface area contributed by atoms with Crippen molar-refractivity contribution >= 4 is 29.9 Å². The molecule has 8 heteroatoms. The number of guanidine groups is 1. The van der Waals surface area contributed by atoms with Gasteiger partial charge in [0.05, 0.1) is 0 Å². The maximum Gasteiger partial charge on any atom is 0.192 e. The number of nitrogens with zero attached hydrogens (tertiary/aromatic N) is 5. The van der Waals surface area contributed by atoms with E-state index >= 15 is 0 Å². The fourth-order valence-electron chi connectivity index (χ4n) is 5.18. The summed E-state index contributed by atoms with van der Waals surface area (Å²) in [6, 6.07) is 1.92. The van der Waals surface area contributed by atoms with Gasteiger partial charge in [0.1, 0.15) is 12.4 Å². The molecule has 0 amide bonds. The van der Waals surface area contributed by atoms with E-state index < -0.39 is 0 Å². The highest BCUT2D eigenvalue weighted by molar-refractivity contribution is 14.0. The van der Waals surface area contributed by atoms with Gasteiger partial charge in [-0.3, -0.25) is 0 Å². The van der Waals surface area contributed by atoms with Crippen LogP contribution >= 0.6 is 24.0 Å². The lowest BCUT2D eigenvalue weighted by molar-refractivity contribution is 0.150. The van der Waals surface area contributed by atoms with Crippen LogP contribution in [0.1, 0.15) is 82.3 Å². The minimum atomic E-state index is 0. The van der Waals surface area contributed by atoms with E-state index in [0.29, 0.717) is 18.6 Å². The number of nitrogens with one attached hydrogen (secondary N) is 2. The summed E-state index contributed by atoms with van der Waals surface area (Å²) in [5, 5.41) is 15.9. The molecule has 7 nitrogen and oxygen atoms in total. The zero-order chi connectivity index (χ0) is 20.1. The molecule has 0 unspecified atom stereocenters. The van der Waals surface area contributed by atoms with Crippen molar-refractivity contribution in [2.24, 2.45) is 12.0 Å². The molecule has 2 aliphatic carbocycles. The normalized spacial score (nSPS) is 22.8. The fraction of sp³-hybridized carbons (Fsp3) is 0.864. The van der Waals surface area contributed by atoms with Crippen molar-refractivity contribution in [1.82, 2.24) is 30.3 Å². The van der Waals surface area contributed by atoms with Crippen molar-refractivity contribution in [3.05, 3.63) is 11.6 Å². The van der Waals surface area contributed by atoms with Crippen molar-refractivity contribution < 1.29 is 0 Å². The van der Waals surface area contributed by atoms with Crippen molar-refractivity contribution in [2.75, 3.05) is 13.1 Å². The second kappa shape index (κ2) is 11.6. The summed E-state index contributed by atoms with van der Waals surface area (Å²) in [6.45, 7) is 5.00. The van der Waals surface area contributed by atoms with E-state index in [1.165, 1.54) is 83.7 Å². The van der Waals surface area contributed by atoms with Gasteiger partial charge in [-0.15, -0.1) is 34.2 Å². The second-order valence-electron chi connectivity index (χ2n) is 9.26. The summed E-state index contributed by atoms with van der Waals surface area (Å²) in [5.41, 5.74) is 0. The van der Waals surface area contributed by atoms with Gasteiger partial charge in [-0.1, -0.05) is 32.1 Å². The molecule has 3 aliphatic rings. The van der Waals surface area contributed by atoms with Crippen molar-refractivity contribution in [1.29, 1.82) is 0 Å². The SMILES string of the molecule is Cc1nnc(CN=C(NC2CCCCC2)NC2CCN(C3CCCC3)CC2)n1C.I. The Morgan fingerprint density at radius 2 is 1.50 bits per heavy atom. The Morgan fingerprint density at radius 3 is 2.10 bits per heavy atom. The molecule has 1 aromatic rings. The minimum absolute atomic E-state index is 0. The first-order valence-electron chi connectivity index (χ1n) is 11.9. The van der Waals surface area contributed by atoms with Gasteiger partial charge in [0.2, 0.25) is 0 Å². The molecule has 30 heavy (non-hydrogen) atoms. The largest absolute Gasteiger partial charge is 0.354 e. The predicted molar refractivity (Wildman–Crippen MR) is 132 cm³/mol. The molecule has 1 aromatic heterocycles. The minimum Gasteiger partial charge on any atom is -0.354 e. The van der Waals surface area contributed by atoms with Crippen LogP contribution in [0.25, 0.3) is 0 Å². The smallest absolute Gasteiger partial charge is 0.192 e. The van der Waals surface area contributed by atoms with E-state index in [1.807, 2.05) is 18.5 Å². The summed E-state index contributed by atoms with van der Waals surface area (Å²) in [6.07, 6.45) is 14.6. The summed E-state index contributed by atoms with van der Waals surface area (Å²) >= 11 is 0. The van der Waals surface area contributed by atoms with Gasteiger partial charge < -0.3 is 20.1 Å². The van der Waals surface area contributed by atoms with Crippen LogP contribution in [0.2, 0.25) is 0 Å². The average molecular weight is 530 g/mol. The Labute approximate surface area is 198 Å². The average Bonchev–Trinajstić information content (AvgIpc) is 3.39. The van der Waals surface area contributed by atoms with Crippen LogP contribution in [0.5, 0.6) is 0 Å². The van der Waals surface area contributed by atoms with Gasteiger partial charge in [0, 0.05) is 38.3 Å². The summed E-state index contributed by atoms with van der Waals surface area (Å²) in [4.78, 5) is 7.65. The van der Waals surface area contributed by atoms with Crippen LogP contribution in [0, 0.1) is 6.92 Å². The molecule has 1 aliphatic heterocycles. The third-order valence-electron chi connectivity index (χ3n) is 7.22. The summed E-state index contributed by atoms with van der Waals surface area (Å²) in [7, 11) is 2.01. The number of aryl methyl sites for hydroxylation is 1. The zero-order valence-electron chi connectivity index (χ0n) is 18.8. The molecule has 0 atom stereocenters. The number of piperidine rings is 1. The lowest BCUT2D eigenvalue weighted by atomic mass is 9.95. The second-order valence-corrected chi connectivity index (χ2v) is 9.26. The third kappa shape index (κ3) is 6.31. The Balaban J connectivity index is 0.00000256. The molecule has 2 saturated carbocycles. The molecule has 1 saturated heterocycles. The fourth-order valence-corrected chi connectivity index (χ4v) is 5.18. The standard InChI is InChI=1S/C22H39N7.HI/c1-17-26-27-21(28(17)2)16-23-22(24-18-8-4-3-5-9-18)25-19-12-14-29(15-13-19)20-10-6-7-11-20;/h18-20H,3-16H2,1-2H3,(H2,23,24,25);1H. The number of hydrogen-bond donors (Lipinski definition) is 2. The number of halogens is 1. The molecule has 0 aromatic carbocycles. The quantitative estimate of drug-likeness (QED) is 0.347. The van der Waals surface area contributed by atoms with Gasteiger partial charge in [0.25, 0.3) is 0 Å². The van der Waals surface area contributed by atoms with Gasteiger partial charge in [-0.05, 0) is 45.4 Å². The summed E-state index contributed by atoms with van der Waals surface area (Å²) in [5.74, 6) is 2.82. The Kier molecular flexibility index (Phi) is 9.22. The topological polar surface area (TPSA) is 70.4 Å². The van der Waals surface area contributed by atoms with Gasteiger partial charge in [-0.25, -0.2) is 4.99 Å². The molecular formula is C22H40IN7. The molecule has 2 N–H and O–H groups in total. The lowest BCUT2D eigenvalue weighted by Crippen LogP contribution is -2.52. The van der Waals surface area contributed by atoms with Crippen LogP contribution in [0.3, 0.4) is 0 Å². The Morgan fingerprint density at radius 1 is 0.900 bits per heavy atom. The molecule has 2 heterocycles. The molecule has 0 spiro atoms. The number of rotatable bonds is 5. The van der Waals surface area contributed by atoms with Crippen molar-refractivity contribution in [3.8, 4) is 0 Å². The monoisotopic (exact) mass is 529 g/mol. The van der Waals surface area contributed by atoms with Crippen LogP contribution in [-0.2, 0) is 13.6 Å². The Bertz CT molecular complexity index is 669. The number of hydrogen-bond acceptors (Lipinski definition) is 4. The molecule has 0 radical (unpaired) electrons. The maximum atomic E-state index is 4.91. The molecule has 170 valence electrons. The third-order valence-corrected chi connectivity index (χ3v) is 7.22. The van der Waals surface area contributed by atoms with E-state index in [-0.39, 0.29) is 24.0 Å². The molecule has 4 rings (SSSR count). The van der Waals surface area contributed by atoms with Crippen molar-refractivity contribution in [2.45, 2.75) is 102 Å². The van der Waals surface area contributed by atoms with E-state index in [2.05, 4.69) is 25.7 Å². The van der Waals surface area contributed by atoms with E-state index in [0.717, 1.165) is 23.7 Å². The number of likely N-dealkylation sites (tertiary alicyclic amines) is 1. The van der Waals surface area contributed by atoms with E-state index in [4.69, 9.17) is 4.99 Å².